The van der Waals surface area contributed by atoms with Crippen molar-refractivity contribution in [1.82, 2.24) is 0 Å². The highest BCUT2D eigenvalue weighted by Gasteiger charge is 2.23. The first-order chi connectivity index (χ1) is 13.8. The smallest absolute Gasteiger partial charge is 0.225 e. The average Bonchev–Trinajstić information content (AvgIpc) is 2.82. The van der Waals surface area contributed by atoms with E-state index >= 15 is 0 Å². The number of rotatable bonds is 5. The topological polar surface area (TPSA) is 116 Å². The van der Waals surface area contributed by atoms with E-state index in [-0.39, 0.29) is 28.2 Å². The van der Waals surface area contributed by atoms with Crippen molar-refractivity contribution < 1.29 is 18.0 Å². The molecular formula is C20H19N3O4S2. The van der Waals surface area contributed by atoms with Crippen molar-refractivity contribution in [3.63, 3.8) is 0 Å². The lowest BCUT2D eigenvalue weighted by Gasteiger charge is -2.11. The van der Waals surface area contributed by atoms with Gasteiger partial charge < -0.3 is 10.6 Å². The zero-order valence-corrected chi connectivity index (χ0v) is 17.3. The maximum atomic E-state index is 12.7. The molecule has 0 bridgehead atoms. The van der Waals surface area contributed by atoms with Gasteiger partial charge in [0.15, 0.2) is 9.84 Å². The van der Waals surface area contributed by atoms with Crippen molar-refractivity contribution in [3.8, 4) is 6.07 Å². The minimum Gasteiger partial charge on any atom is -0.326 e. The van der Waals surface area contributed by atoms with Crippen LogP contribution in [0.1, 0.15) is 25.3 Å². The third-order valence-corrected chi connectivity index (χ3v) is 7.15. The van der Waals surface area contributed by atoms with Crippen LogP contribution in [0.15, 0.2) is 52.3 Å². The lowest BCUT2D eigenvalue weighted by molar-refractivity contribution is -0.116. The number of nitriles is 1. The second-order valence-corrected chi connectivity index (χ2v) is 10.2. The SMILES string of the molecule is C[C@H]1CC(=O)Nc2cc(S(=O)(=O)CCC(=O)Nc3cccc(C#N)c3)ccc2S1. The first-order valence-electron chi connectivity index (χ1n) is 8.90. The summed E-state index contributed by atoms with van der Waals surface area (Å²) in [5.41, 5.74) is 1.31. The normalized spacial score (nSPS) is 16.1. The number of nitrogens with zero attached hydrogens (tertiary/aromatic N) is 1. The van der Waals surface area contributed by atoms with Crippen molar-refractivity contribution >= 4 is 44.8 Å². The number of fused-ring (bicyclic) bond motifs is 1. The van der Waals surface area contributed by atoms with Gasteiger partial charge in [0.2, 0.25) is 11.8 Å². The second-order valence-electron chi connectivity index (χ2n) is 6.65. The summed E-state index contributed by atoms with van der Waals surface area (Å²) in [5, 5.41) is 14.3. The van der Waals surface area contributed by atoms with Crippen molar-refractivity contribution in [2.24, 2.45) is 0 Å². The van der Waals surface area contributed by atoms with E-state index in [9.17, 15) is 18.0 Å². The number of benzene rings is 2. The summed E-state index contributed by atoms with van der Waals surface area (Å²) in [4.78, 5) is 24.9. The van der Waals surface area contributed by atoms with Crippen LogP contribution >= 0.6 is 11.8 Å². The van der Waals surface area contributed by atoms with E-state index in [0.29, 0.717) is 23.4 Å². The van der Waals surface area contributed by atoms with Crippen molar-refractivity contribution in [1.29, 1.82) is 5.26 Å². The largest absolute Gasteiger partial charge is 0.326 e. The standard InChI is InChI=1S/C20H19N3O4S2/c1-13-9-20(25)23-17-11-16(5-6-18(17)28-13)29(26,27)8-7-19(24)22-15-4-2-3-14(10-15)12-21/h2-6,10-11,13H,7-9H2,1H3,(H,22,24)(H,23,25)/t13-/m0/s1. The van der Waals surface area contributed by atoms with Crippen LogP contribution in [0.25, 0.3) is 0 Å². The molecule has 1 atom stereocenters. The lowest BCUT2D eigenvalue weighted by Crippen LogP contribution is -2.18. The predicted octanol–water partition coefficient (Wildman–Crippen LogP) is 3.18. The zero-order valence-electron chi connectivity index (χ0n) is 15.6. The summed E-state index contributed by atoms with van der Waals surface area (Å²) >= 11 is 1.51. The van der Waals surface area contributed by atoms with E-state index in [2.05, 4.69) is 10.6 Å². The van der Waals surface area contributed by atoms with Crippen LogP contribution < -0.4 is 10.6 Å². The maximum Gasteiger partial charge on any atom is 0.225 e. The highest BCUT2D eigenvalue weighted by molar-refractivity contribution is 8.00. The minimum atomic E-state index is -3.71. The number of hydrogen-bond acceptors (Lipinski definition) is 6. The molecule has 1 heterocycles. The van der Waals surface area contributed by atoms with Crippen molar-refractivity contribution in [2.75, 3.05) is 16.4 Å². The summed E-state index contributed by atoms with van der Waals surface area (Å²) in [7, 11) is -3.71. The van der Waals surface area contributed by atoms with E-state index in [1.807, 2.05) is 13.0 Å². The summed E-state index contributed by atoms with van der Waals surface area (Å²) in [6, 6.07) is 13.0. The second kappa shape index (κ2) is 8.68. The number of nitrogens with one attached hydrogen (secondary N) is 2. The molecular weight excluding hydrogens is 410 g/mol. The molecule has 0 aromatic heterocycles. The zero-order chi connectivity index (χ0) is 21.0. The molecule has 0 saturated carbocycles. The van der Waals surface area contributed by atoms with Crippen molar-refractivity contribution in [2.45, 2.75) is 34.8 Å². The molecule has 150 valence electrons. The van der Waals surface area contributed by atoms with Gasteiger partial charge >= 0.3 is 0 Å². The van der Waals surface area contributed by atoms with Gasteiger partial charge in [0.1, 0.15) is 0 Å². The van der Waals surface area contributed by atoms with Gasteiger partial charge in [0, 0.05) is 28.7 Å². The predicted molar refractivity (Wildman–Crippen MR) is 111 cm³/mol. The van der Waals surface area contributed by atoms with Crippen LogP contribution in [-0.4, -0.2) is 31.2 Å². The fourth-order valence-electron chi connectivity index (χ4n) is 2.86. The van der Waals surface area contributed by atoms with Gasteiger partial charge in [-0.25, -0.2) is 8.42 Å². The molecule has 2 amide bonds. The van der Waals surface area contributed by atoms with Gasteiger partial charge in [0.05, 0.1) is 28.0 Å². The Morgan fingerprint density at radius 3 is 2.86 bits per heavy atom. The van der Waals surface area contributed by atoms with Crippen molar-refractivity contribution in [3.05, 3.63) is 48.0 Å². The number of carbonyl (C=O) groups excluding carboxylic acids is 2. The molecule has 0 fully saturated rings. The molecule has 0 radical (unpaired) electrons. The third kappa shape index (κ3) is 5.37. The Morgan fingerprint density at radius 2 is 2.10 bits per heavy atom. The van der Waals surface area contributed by atoms with Crippen LogP contribution in [0.5, 0.6) is 0 Å². The molecule has 0 spiro atoms. The average molecular weight is 430 g/mol. The molecule has 2 aromatic rings. The fourth-order valence-corrected chi connectivity index (χ4v) is 5.17. The van der Waals surface area contributed by atoms with Gasteiger partial charge in [-0.2, -0.15) is 5.26 Å². The van der Waals surface area contributed by atoms with Gasteiger partial charge in [-0.15, -0.1) is 11.8 Å². The molecule has 1 aliphatic rings. The molecule has 2 aromatic carbocycles. The van der Waals surface area contributed by atoms with Crippen LogP contribution in [0, 0.1) is 11.3 Å². The molecule has 9 heteroatoms. The Bertz CT molecular complexity index is 1110. The van der Waals surface area contributed by atoms with Gasteiger partial charge in [-0.05, 0) is 36.4 Å². The maximum absolute atomic E-state index is 12.7. The van der Waals surface area contributed by atoms with Crippen LogP contribution in [0.3, 0.4) is 0 Å². The molecule has 0 saturated heterocycles. The summed E-state index contributed by atoms with van der Waals surface area (Å²) in [6.45, 7) is 1.94. The Balaban J connectivity index is 1.69. The minimum absolute atomic E-state index is 0.0611. The summed E-state index contributed by atoms with van der Waals surface area (Å²) in [5.74, 6) is -0.985. The molecule has 3 rings (SSSR count). The van der Waals surface area contributed by atoms with Gasteiger partial charge in [0.25, 0.3) is 0 Å². The fraction of sp³-hybridized carbons (Fsp3) is 0.250. The monoisotopic (exact) mass is 429 g/mol. The Labute approximate surface area is 173 Å². The summed E-state index contributed by atoms with van der Waals surface area (Å²) < 4.78 is 25.3. The van der Waals surface area contributed by atoms with E-state index in [0.717, 1.165) is 4.90 Å². The number of anilines is 2. The molecule has 7 nitrogen and oxygen atoms in total. The number of sulfone groups is 1. The first-order valence-corrected chi connectivity index (χ1v) is 11.4. The molecule has 2 N–H and O–H groups in total. The molecule has 29 heavy (non-hydrogen) atoms. The van der Waals surface area contributed by atoms with Crippen LogP contribution in [0.2, 0.25) is 0 Å². The number of hydrogen-bond donors (Lipinski definition) is 2. The lowest BCUT2D eigenvalue weighted by atomic mass is 10.2. The molecule has 0 aliphatic carbocycles. The number of thioether (sulfide) groups is 1. The third-order valence-electron chi connectivity index (χ3n) is 4.26. The number of amides is 2. The van der Waals surface area contributed by atoms with E-state index < -0.39 is 15.7 Å². The number of carbonyl (C=O) groups is 2. The van der Waals surface area contributed by atoms with E-state index in [1.165, 1.54) is 30.0 Å². The highest BCUT2D eigenvalue weighted by atomic mass is 32.2. The molecule has 1 aliphatic heterocycles. The quantitative estimate of drug-likeness (QED) is 0.754. The van der Waals surface area contributed by atoms with Crippen LogP contribution in [0.4, 0.5) is 11.4 Å². The first kappa shape index (κ1) is 20.9. The van der Waals surface area contributed by atoms with Crippen LogP contribution in [-0.2, 0) is 19.4 Å². The Morgan fingerprint density at radius 1 is 1.31 bits per heavy atom. The Hall–Kier alpha value is -2.83. The summed E-state index contributed by atoms with van der Waals surface area (Å²) in [6.07, 6.45) is 0.128. The highest BCUT2D eigenvalue weighted by Crippen LogP contribution is 2.36. The van der Waals surface area contributed by atoms with Gasteiger partial charge in [-0.3, -0.25) is 9.59 Å². The molecule has 0 unspecified atom stereocenters. The van der Waals surface area contributed by atoms with E-state index in [1.54, 1.807) is 24.3 Å². The van der Waals surface area contributed by atoms with E-state index in [4.69, 9.17) is 5.26 Å². The van der Waals surface area contributed by atoms with Gasteiger partial charge in [-0.1, -0.05) is 13.0 Å². The Kier molecular flexibility index (Phi) is 6.25.